The van der Waals surface area contributed by atoms with E-state index in [1.807, 2.05) is 43.3 Å². The maximum atomic E-state index is 9.63. The lowest BCUT2D eigenvalue weighted by Crippen LogP contribution is -2.33. The molecule has 21 heavy (non-hydrogen) atoms. The fraction of sp³-hybridized carbons (Fsp3) is 0.333. The van der Waals surface area contributed by atoms with Crippen LogP contribution in [0.5, 0.6) is 5.75 Å². The molecule has 3 nitrogen and oxygen atoms in total. The van der Waals surface area contributed by atoms with Crippen molar-refractivity contribution in [1.29, 1.82) is 0 Å². The molecule has 3 heteroatoms. The van der Waals surface area contributed by atoms with Crippen molar-refractivity contribution in [2.45, 2.75) is 25.6 Å². The fourth-order valence-electron chi connectivity index (χ4n) is 3.17. The van der Waals surface area contributed by atoms with Crippen LogP contribution in [0, 0.1) is 0 Å². The molecule has 0 radical (unpaired) electrons. The topological polar surface area (TPSA) is 38.7 Å². The first-order chi connectivity index (χ1) is 10.3. The Kier molecular flexibility index (Phi) is 3.95. The summed E-state index contributed by atoms with van der Waals surface area (Å²) in [5, 5.41) is 9.63. The Morgan fingerprint density at radius 1 is 1.10 bits per heavy atom. The van der Waals surface area contributed by atoms with Crippen LogP contribution in [0.25, 0.3) is 0 Å². The minimum atomic E-state index is -0.646. The zero-order valence-corrected chi connectivity index (χ0v) is 12.2. The Balaban J connectivity index is 2.27. The molecule has 1 atom stereocenters. The van der Waals surface area contributed by atoms with E-state index < -0.39 is 5.60 Å². The third-order valence-corrected chi connectivity index (χ3v) is 4.01. The zero-order valence-electron chi connectivity index (χ0n) is 12.2. The van der Waals surface area contributed by atoms with Crippen LogP contribution in [0.2, 0.25) is 0 Å². The van der Waals surface area contributed by atoms with Crippen molar-refractivity contribution in [2.24, 2.45) is 0 Å². The molecule has 1 unspecified atom stereocenters. The second kappa shape index (κ2) is 5.88. The number of aliphatic hydroxyl groups excluding tert-OH is 1. The maximum Gasteiger partial charge on any atom is 0.126 e. The number of ether oxygens (including phenoxy) is 2. The summed E-state index contributed by atoms with van der Waals surface area (Å²) >= 11 is 0. The van der Waals surface area contributed by atoms with E-state index in [0.717, 1.165) is 22.4 Å². The largest absolute Gasteiger partial charge is 0.488 e. The van der Waals surface area contributed by atoms with Crippen LogP contribution < -0.4 is 4.74 Å². The third-order valence-electron chi connectivity index (χ3n) is 4.01. The molecule has 1 aliphatic heterocycles. The van der Waals surface area contributed by atoms with Crippen LogP contribution in [-0.2, 0) is 16.9 Å². The van der Waals surface area contributed by atoms with Gasteiger partial charge in [-0.15, -0.1) is 0 Å². The predicted octanol–water partition coefficient (Wildman–Crippen LogP) is 3.24. The molecule has 0 aliphatic carbocycles. The minimum Gasteiger partial charge on any atom is -0.488 e. The highest BCUT2D eigenvalue weighted by Gasteiger charge is 2.40. The molecular formula is C18H20O3. The van der Waals surface area contributed by atoms with Crippen LogP contribution in [0.1, 0.15) is 30.0 Å². The van der Waals surface area contributed by atoms with Gasteiger partial charge in [0.15, 0.2) is 0 Å². The first kappa shape index (κ1) is 14.1. The molecule has 0 aromatic heterocycles. The average Bonchev–Trinajstić information content (AvgIpc) is 2.65. The number of aliphatic hydroxyl groups is 1. The summed E-state index contributed by atoms with van der Waals surface area (Å²) in [6.45, 7) is 3.13. The summed E-state index contributed by atoms with van der Waals surface area (Å²) in [6, 6.07) is 16.1. The lowest BCUT2D eigenvalue weighted by atomic mass is 9.81. The molecule has 110 valence electrons. The second-order valence-corrected chi connectivity index (χ2v) is 5.18. The van der Waals surface area contributed by atoms with E-state index in [1.54, 1.807) is 0 Å². The summed E-state index contributed by atoms with van der Waals surface area (Å²) in [7, 11) is 0. The van der Waals surface area contributed by atoms with Gasteiger partial charge in [-0.3, -0.25) is 0 Å². The minimum absolute atomic E-state index is 0.0582. The van der Waals surface area contributed by atoms with Crippen molar-refractivity contribution < 1.29 is 14.6 Å². The van der Waals surface area contributed by atoms with Gasteiger partial charge < -0.3 is 14.6 Å². The van der Waals surface area contributed by atoms with E-state index in [2.05, 4.69) is 12.1 Å². The number of hydrogen-bond donors (Lipinski definition) is 1. The van der Waals surface area contributed by atoms with E-state index in [4.69, 9.17) is 9.47 Å². The monoisotopic (exact) mass is 284 g/mol. The van der Waals surface area contributed by atoms with Crippen molar-refractivity contribution in [2.75, 3.05) is 13.2 Å². The van der Waals surface area contributed by atoms with Crippen LogP contribution in [0.3, 0.4) is 0 Å². The highest BCUT2D eigenvalue weighted by molar-refractivity contribution is 5.49. The van der Waals surface area contributed by atoms with Gasteiger partial charge in [0.1, 0.15) is 18.0 Å². The molecule has 0 spiro atoms. The van der Waals surface area contributed by atoms with Crippen molar-refractivity contribution >= 4 is 0 Å². The van der Waals surface area contributed by atoms with Crippen LogP contribution >= 0.6 is 0 Å². The van der Waals surface area contributed by atoms with E-state index in [9.17, 15) is 5.11 Å². The zero-order chi connectivity index (χ0) is 14.7. The molecule has 0 bridgehead atoms. The molecule has 0 fully saturated rings. The summed E-state index contributed by atoms with van der Waals surface area (Å²) < 4.78 is 12.2. The molecular weight excluding hydrogens is 264 g/mol. The Bertz CT molecular complexity index is 566. The molecule has 3 rings (SSSR count). The Morgan fingerprint density at radius 3 is 2.57 bits per heavy atom. The van der Waals surface area contributed by atoms with Gasteiger partial charge in [-0.05, 0) is 24.1 Å². The SMILES string of the molecule is CCOC1(CCO)c2ccccc2COc2ccccc21. The average molecular weight is 284 g/mol. The fourth-order valence-corrected chi connectivity index (χ4v) is 3.17. The standard InChI is InChI=1S/C18H20O3/c1-2-21-18(11-12-19)15-8-4-3-7-14(15)13-20-17-10-6-5-9-16(17)18/h3-10,19H,2,11-13H2,1H3. The number of fused-ring (bicyclic) bond motifs is 2. The Morgan fingerprint density at radius 2 is 1.81 bits per heavy atom. The lowest BCUT2D eigenvalue weighted by molar-refractivity contribution is -0.0279. The molecule has 1 N–H and O–H groups in total. The normalized spacial score (nSPS) is 20.1. The van der Waals surface area contributed by atoms with Gasteiger partial charge in [0, 0.05) is 25.2 Å². The van der Waals surface area contributed by atoms with E-state index in [-0.39, 0.29) is 6.61 Å². The maximum absolute atomic E-state index is 9.63. The van der Waals surface area contributed by atoms with E-state index in [0.29, 0.717) is 19.6 Å². The van der Waals surface area contributed by atoms with E-state index in [1.165, 1.54) is 0 Å². The Hall–Kier alpha value is -1.84. The van der Waals surface area contributed by atoms with Gasteiger partial charge in [0.2, 0.25) is 0 Å². The summed E-state index contributed by atoms with van der Waals surface area (Å²) in [6.07, 6.45) is 0.512. The van der Waals surface area contributed by atoms with Gasteiger partial charge in [-0.25, -0.2) is 0 Å². The number of para-hydroxylation sites is 1. The first-order valence-electron chi connectivity index (χ1n) is 7.37. The molecule has 0 saturated carbocycles. The van der Waals surface area contributed by atoms with Crippen LogP contribution in [0.15, 0.2) is 48.5 Å². The second-order valence-electron chi connectivity index (χ2n) is 5.18. The highest BCUT2D eigenvalue weighted by Crippen LogP contribution is 2.45. The van der Waals surface area contributed by atoms with Crippen molar-refractivity contribution in [3.05, 3.63) is 65.2 Å². The molecule has 2 aromatic rings. The quantitative estimate of drug-likeness (QED) is 0.936. The van der Waals surface area contributed by atoms with Gasteiger partial charge in [0.25, 0.3) is 0 Å². The van der Waals surface area contributed by atoms with Crippen molar-refractivity contribution in [1.82, 2.24) is 0 Å². The van der Waals surface area contributed by atoms with Gasteiger partial charge >= 0.3 is 0 Å². The first-order valence-corrected chi connectivity index (χ1v) is 7.37. The molecule has 1 aliphatic rings. The Labute approximate surface area is 125 Å². The molecule has 1 heterocycles. The smallest absolute Gasteiger partial charge is 0.126 e. The number of hydrogen-bond acceptors (Lipinski definition) is 3. The van der Waals surface area contributed by atoms with E-state index >= 15 is 0 Å². The van der Waals surface area contributed by atoms with Gasteiger partial charge in [0.05, 0.1) is 0 Å². The summed E-state index contributed by atoms with van der Waals surface area (Å²) in [5.74, 6) is 0.829. The highest BCUT2D eigenvalue weighted by atomic mass is 16.5. The van der Waals surface area contributed by atoms with Crippen LogP contribution in [0.4, 0.5) is 0 Å². The number of rotatable bonds is 4. The lowest BCUT2D eigenvalue weighted by Gasteiger charge is -2.34. The van der Waals surface area contributed by atoms with Crippen molar-refractivity contribution in [3.8, 4) is 5.75 Å². The summed E-state index contributed by atoms with van der Waals surface area (Å²) in [5.41, 5.74) is 2.54. The number of benzene rings is 2. The van der Waals surface area contributed by atoms with Crippen molar-refractivity contribution in [3.63, 3.8) is 0 Å². The third kappa shape index (κ3) is 2.33. The van der Waals surface area contributed by atoms with Gasteiger partial charge in [-0.1, -0.05) is 42.5 Å². The predicted molar refractivity (Wildman–Crippen MR) is 81.3 cm³/mol. The van der Waals surface area contributed by atoms with Gasteiger partial charge in [-0.2, -0.15) is 0 Å². The molecule has 2 aromatic carbocycles. The van der Waals surface area contributed by atoms with Crippen LogP contribution in [-0.4, -0.2) is 18.3 Å². The summed E-state index contributed by atoms with van der Waals surface area (Å²) in [4.78, 5) is 0. The molecule has 0 amide bonds. The molecule has 0 saturated heterocycles.